The number of alkyl halides is 3. The molecule has 0 bridgehead atoms. The maximum Gasteiger partial charge on any atom is 0.419 e. The van der Waals surface area contributed by atoms with Crippen LogP contribution in [-0.4, -0.2) is 21.4 Å². The summed E-state index contributed by atoms with van der Waals surface area (Å²) in [7, 11) is 0. The lowest BCUT2D eigenvalue weighted by molar-refractivity contribution is -0.140. The Kier molecular flexibility index (Phi) is 6.34. The second-order valence-electron chi connectivity index (χ2n) is 6.75. The Labute approximate surface area is 179 Å². The first-order valence-corrected chi connectivity index (χ1v) is 9.78. The number of nitrogens with zero attached hydrogens (tertiary/aromatic N) is 1. The van der Waals surface area contributed by atoms with Crippen LogP contribution < -0.4 is 15.4 Å². The van der Waals surface area contributed by atoms with Gasteiger partial charge in [-0.3, -0.25) is 5.41 Å². The van der Waals surface area contributed by atoms with Crippen molar-refractivity contribution in [2.75, 3.05) is 5.32 Å². The van der Waals surface area contributed by atoms with E-state index in [9.17, 15) is 22.7 Å². The Hall–Kier alpha value is -3.34. The highest BCUT2D eigenvalue weighted by Crippen LogP contribution is 2.37. The Balaban J connectivity index is 1.76. The second kappa shape index (κ2) is 8.80. The van der Waals surface area contributed by atoms with Crippen molar-refractivity contribution in [3.8, 4) is 17.4 Å². The fourth-order valence-electron chi connectivity index (χ4n) is 2.63. The van der Waals surface area contributed by atoms with Gasteiger partial charge in [0, 0.05) is 11.7 Å². The Morgan fingerprint density at radius 3 is 2.45 bits per heavy atom. The largest absolute Gasteiger partial charge is 0.492 e. The molecule has 3 aromatic rings. The summed E-state index contributed by atoms with van der Waals surface area (Å²) in [5.41, 5.74) is -0.651. The van der Waals surface area contributed by atoms with Crippen LogP contribution >= 0.6 is 11.5 Å². The van der Waals surface area contributed by atoms with Gasteiger partial charge in [-0.1, -0.05) is 6.07 Å². The van der Waals surface area contributed by atoms with Crippen LogP contribution in [0.1, 0.15) is 25.0 Å². The molecule has 3 rings (SSSR count). The molecule has 0 saturated carbocycles. The average Bonchev–Trinajstić information content (AvgIpc) is 3.03. The predicted molar refractivity (Wildman–Crippen MR) is 110 cm³/mol. The smallest absolute Gasteiger partial charge is 0.419 e. The van der Waals surface area contributed by atoms with Gasteiger partial charge in [0.2, 0.25) is 5.88 Å². The number of rotatable bonds is 6. The standard InChI is InChI=1S/C20H18F4N4O2S/c1-10(2)26-17(25)15-18(29)28-31-19(15)27-11-6-8-12(9-7-11)30-14-5-3-4-13(16(14)21)20(22,23)24/h3-10,27H,1-2H3,(H2,25,26)(H,28,29). The summed E-state index contributed by atoms with van der Waals surface area (Å²) in [4.78, 5) is 0. The molecule has 0 aliphatic carbocycles. The Morgan fingerprint density at radius 1 is 1.16 bits per heavy atom. The minimum Gasteiger partial charge on any atom is -0.492 e. The zero-order valence-corrected chi connectivity index (χ0v) is 17.2. The average molecular weight is 454 g/mol. The summed E-state index contributed by atoms with van der Waals surface area (Å²) in [6.07, 6.45) is -4.83. The molecule has 1 heterocycles. The number of benzene rings is 2. The molecular formula is C20H18F4N4O2S. The van der Waals surface area contributed by atoms with Crippen LogP contribution in [0.15, 0.2) is 42.5 Å². The first-order chi connectivity index (χ1) is 14.6. The van der Waals surface area contributed by atoms with Crippen molar-refractivity contribution in [3.63, 3.8) is 0 Å². The van der Waals surface area contributed by atoms with Crippen molar-refractivity contribution in [1.29, 1.82) is 5.41 Å². The molecule has 11 heteroatoms. The number of hydrogen-bond donors (Lipinski definition) is 4. The van der Waals surface area contributed by atoms with E-state index in [2.05, 4.69) is 15.0 Å². The first kappa shape index (κ1) is 22.3. The normalized spacial score (nSPS) is 11.5. The molecule has 0 atom stereocenters. The molecule has 0 fully saturated rings. The van der Waals surface area contributed by atoms with E-state index >= 15 is 0 Å². The molecule has 1 aromatic heterocycles. The van der Waals surface area contributed by atoms with Crippen molar-refractivity contribution in [2.24, 2.45) is 0 Å². The molecule has 0 aliphatic rings. The lowest BCUT2D eigenvalue weighted by Crippen LogP contribution is -2.30. The van der Waals surface area contributed by atoms with E-state index in [-0.39, 0.29) is 29.1 Å². The van der Waals surface area contributed by atoms with Crippen LogP contribution in [0.3, 0.4) is 0 Å². The number of nitrogens with one attached hydrogen (secondary N) is 3. The summed E-state index contributed by atoms with van der Waals surface area (Å²) < 4.78 is 61.8. The highest BCUT2D eigenvalue weighted by molar-refractivity contribution is 7.11. The van der Waals surface area contributed by atoms with Crippen molar-refractivity contribution >= 4 is 28.1 Å². The number of hydrogen-bond acceptors (Lipinski definition) is 6. The summed E-state index contributed by atoms with van der Waals surface area (Å²) in [6, 6.07) is 8.80. The highest BCUT2D eigenvalue weighted by atomic mass is 32.1. The van der Waals surface area contributed by atoms with Crippen LogP contribution in [0.25, 0.3) is 0 Å². The SMILES string of the molecule is CC(C)NC(=N)c1c(O)nsc1Nc1ccc(Oc2cccc(C(F)(F)F)c2F)cc1. The van der Waals surface area contributed by atoms with Gasteiger partial charge in [0.05, 0.1) is 5.56 Å². The van der Waals surface area contributed by atoms with Crippen LogP contribution in [-0.2, 0) is 6.18 Å². The lowest BCUT2D eigenvalue weighted by Gasteiger charge is -2.13. The third-order valence-electron chi connectivity index (χ3n) is 3.97. The quantitative estimate of drug-likeness (QED) is 0.213. The molecule has 0 aliphatic heterocycles. The van der Waals surface area contributed by atoms with Crippen molar-refractivity contribution < 1.29 is 27.4 Å². The van der Waals surface area contributed by atoms with Crippen molar-refractivity contribution in [2.45, 2.75) is 26.1 Å². The summed E-state index contributed by atoms with van der Waals surface area (Å²) in [5.74, 6) is -2.18. The van der Waals surface area contributed by atoms with Crippen LogP contribution in [0.5, 0.6) is 17.4 Å². The van der Waals surface area contributed by atoms with E-state index in [1.807, 2.05) is 13.8 Å². The highest BCUT2D eigenvalue weighted by Gasteiger charge is 2.35. The second-order valence-corrected chi connectivity index (χ2v) is 7.52. The van der Waals surface area contributed by atoms with Gasteiger partial charge in [-0.25, -0.2) is 4.39 Å². The fourth-order valence-corrected chi connectivity index (χ4v) is 3.34. The maximum atomic E-state index is 14.1. The van der Waals surface area contributed by atoms with Gasteiger partial charge in [0.25, 0.3) is 0 Å². The molecule has 2 aromatic carbocycles. The monoisotopic (exact) mass is 454 g/mol. The van der Waals surface area contributed by atoms with Crippen molar-refractivity contribution in [1.82, 2.24) is 9.69 Å². The first-order valence-electron chi connectivity index (χ1n) is 9.01. The van der Waals surface area contributed by atoms with Gasteiger partial charge in [0.15, 0.2) is 11.6 Å². The summed E-state index contributed by atoms with van der Waals surface area (Å²) >= 11 is 0.960. The number of ether oxygens (including phenoxy) is 1. The Morgan fingerprint density at radius 2 is 1.84 bits per heavy atom. The van der Waals surface area contributed by atoms with Crippen LogP contribution in [0, 0.1) is 11.2 Å². The van der Waals surface area contributed by atoms with Crippen molar-refractivity contribution in [3.05, 3.63) is 59.4 Å². The maximum absolute atomic E-state index is 14.1. The third kappa shape index (κ3) is 5.23. The summed E-state index contributed by atoms with van der Waals surface area (Å²) in [5, 5.41) is 24.4. The zero-order chi connectivity index (χ0) is 22.8. The van der Waals surface area contributed by atoms with E-state index in [1.165, 1.54) is 12.1 Å². The van der Waals surface area contributed by atoms with Gasteiger partial charge >= 0.3 is 6.18 Å². The molecule has 0 spiro atoms. The van der Waals surface area contributed by atoms with E-state index in [0.29, 0.717) is 16.8 Å². The van der Waals surface area contributed by atoms with E-state index in [4.69, 9.17) is 10.1 Å². The van der Waals surface area contributed by atoms with E-state index < -0.39 is 23.3 Å². The Bertz CT molecular complexity index is 1080. The number of aromatic nitrogens is 1. The van der Waals surface area contributed by atoms with Gasteiger partial charge in [-0.15, -0.1) is 0 Å². The predicted octanol–water partition coefficient (Wildman–Crippen LogP) is 5.87. The molecule has 6 nitrogen and oxygen atoms in total. The molecule has 4 N–H and O–H groups in total. The molecule has 0 radical (unpaired) electrons. The van der Waals surface area contributed by atoms with Crippen LogP contribution in [0.4, 0.5) is 28.3 Å². The molecular weight excluding hydrogens is 436 g/mol. The third-order valence-corrected chi connectivity index (χ3v) is 4.72. The van der Waals surface area contributed by atoms with Crippen LogP contribution in [0.2, 0.25) is 0 Å². The number of anilines is 2. The zero-order valence-electron chi connectivity index (χ0n) is 16.3. The van der Waals surface area contributed by atoms with Gasteiger partial charge in [-0.05, 0) is 61.8 Å². The minimum absolute atomic E-state index is 0.00345. The molecule has 0 unspecified atom stereocenters. The fraction of sp³-hybridized carbons (Fsp3) is 0.200. The summed E-state index contributed by atoms with van der Waals surface area (Å²) in [6.45, 7) is 3.70. The lowest BCUT2D eigenvalue weighted by atomic mass is 10.2. The number of amidine groups is 1. The molecule has 31 heavy (non-hydrogen) atoms. The minimum atomic E-state index is -4.83. The number of aromatic hydroxyl groups is 1. The molecule has 0 saturated heterocycles. The van der Waals surface area contributed by atoms with E-state index in [1.54, 1.807) is 12.1 Å². The molecule has 0 amide bonds. The van der Waals surface area contributed by atoms with Gasteiger partial charge in [0.1, 0.15) is 22.1 Å². The van der Waals surface area contributed by atoms with Gasteiger partial charge in [-0.2, -0.15) is 17.5 Å². The van der Waals surface area contributed by atoms with E-state index in [0.717, 1.165) is 23.7 Å². The number of halogens is 4. The topological polar surface area (TPSA) is 90.3 Å². The molecule has 164 valence electrons. The van der Waals surface area contributed by atoms with Gasteiger partial charge < -0.3 is 20.5 Å².